The number of carbonyl (C=O) groups is 1. The van der Waals surface area contributed by atoms with Crippen LogP contribution in [0.1, 0.15) is 11.1 Å². The van der Waals surface area contributed by atoms with Gasteiger partial charge in [-0.3, -0.25) is 4.79 Å². The average molecular weight is 312 g/mol. The van der Waals surface area contributed by atoms with Gasteiger partial charge in [0.1, 0.15) is 0 Å². The van der Waals surface area contributed by atoms with Gasteiger partial charge >= 0.3 is 5.97 Å². The van der Waals surface area contributed by atoms with Crippen LogP contribution in [0, 0.1) is 13.8 Å². The Kier molecular flexibility index (Phi) is 4.53. The van der Waals surface area contributed by atoms with E-state index < -0.39 is 21.7 Å². The number of carboxylic acid groups (broad SMARTS) is 1. The molecule has 1 aromatic rings. The van der Waals surface area contributed by atoms with E-state index in [1.165, 1.54) is 15.4 Å². The molecule has 7 heteroatoms. The minimum atomic E-state index is -3.70. The molecule has 1 aliphatic rings. The van der Waals surface area contributed by atoms with Crippen LogP contribution in [0.3, 0.4) is 0 Å². The highest BCUT2D eigenvalue weighted by atomic mass is 32.2. The van der Waals surface area contributed by atoms with Crippen molar-refractivity contribution in [1.82, 2.24) is 4.31 Å². The van der Waals surface area contributed by atoms with Crippen molar-refractivity contribution in [2.24, 2.45) is 0 Å². The van der Waals surface area contributed by atoms with Crippen LogP contribution in [0.25, 0.3) is 0 Å². The van der Waals surface area contributed by atoms with Crippen LogP contribution in [-0.2, 0) is 14.8 Å². The van der Waals surface area contributed by atoms with Crippen molar-refractivity contribution in [2.45, 2.75) is 13.8 Å². The van der Waals surface area contributed by atoms with E-state index in [0.717, 1.165) is 5.69 Å². The SMILES string of the molecule is Cc1cccc(N2CCN(S(=O)(=O)CC(=O)O)CC2)c1C. The van der Waals surface area contributed by atoms with Gasteiger partial charge in [-0.05, 0) is 31.0 Å². The quantitative estimate of drug-likeness (QED) is 0.891. The molecule has 0 amide bonds. The molecule has 0 radical (unpaired) electrons. The molecule has 0 aromatic heterocycles. The van der Waals surface area contributed by atoms with E-state index in [0.29, 0.717) is 26.2 Å². The van der Waals surface area contributed by atoms with Crippen LogP contribution < -0.4 is 4.90 Å². The summed E-state index contributed by atoms with van der Waals surface area (Å²) in [5.74, 6) is -2.15. The molecule has 1 aliphatic heterocycles. The summed E-state index contributed by atoms with van der Waals surface area (Å²) in [6.07, 6.45) is 0. The fourth-order valence-electron chi connectivity index (χ4n) is 2.53. The molecule has 0 atom stereocenters. The molecule has 1 fully saturated rings. The Morgan fingerprint density at radius 1 is 1.19 bits per heavy atom. The molecule has 0 spiro atoms. The summed E-state index contributed by atoms with van der Waals surface area (Å²) in [4.78, 5) is 12.8. The molecule has 1 saturated heterocycles. The summed E-state index contributed by atoms with van der Waals surface area (Å²) in [7, 11) is -3.70. The van der Waals surface area contributed by atoms with Gasteiger partial charge in [0.05, 0.1) is 0 Å². The standard InChI is InChI=1S/C14H20N2O4S/c1-11-4-3-5-13(12(11)2)15-6-8-16(9-7-15)21(19,20)10-14(17)18/h3-5H,6-10H2,1-2H3,(H,17,18). The third-order valence-corrected chi connectivity index (χ3v) is 5.62. The fraction of sp³-hybridized carbons (Fsp3) is 0.500. The molecule has 1 heterocycles. The molecule has 1 N–H and O–H groups in total. The predicted octanol–water partition coefficient (Wildman–Crippen LogP) is 0.840. The molecule has 0 unspecified atom stereocenters. The van der Waals surface area contributed by atoms with Crippen molar-refractivity contribution < 1.29 is 18.3 Å². The van der Waals surface area contributed by atoms with Crippen molar-refractivity contribution >= 4 is 21.7 Å². The fourth-order valence-corrected chi connectivity index (χ4v) is 3.75. The number of piperazine rings is 1. The third-order valence-electron chi connectivity index (χ3n) is 3.85. The van der Waals surface area contributed by atoms with Crippen molar-refractivity contribution in [2.75, 3.05) is 36.8 Å². The minimum Gasteiger partial charge on any atom is -0.480 e. The van der Waals surface area contributed by atoms with Crippen LogP contribution in [0.2, 0.25) is 0 Å². The third kappa shape index (κ3) is 3.54. The van der Waals surface area contributed by atoms with Gasteiger partial charge in [-0.25, -0.2) is 8.42 Å². The predicted molar refractivity (Wildman–Crippen MR) is 81.1 cm³/mol. The highest BCUT2D eigenvalue weighted by Gasteiger charge is 2.29. The van der Waals surface area contributed by atoms with Gasteiger partial charge in [-0.2, -0.15) is 4.31 Å². The first kappa shape index (κ1) is 15.8. The zero-order chi connectivity index (χ0) is 15.6. The number of aliphatic carboxylic acids is 1. The van der Waals surface area contributed by atoms with Gasteiger partial charge in [0.25, 0.3) is 0 Å². The van der Waals surface area contributed by atoms with E-state index in [4.69, 9.17) is 5.11 Å². The lowest BCUT2D eigenvalue weighted by Crippen LogP contribution is -2.50. The summed E-state index contributed by atoms with van der Waals surface area (Å²) in [6.45, 7) is 5.89. The monoisotopic (exact) mass is 312 g/mol. The molecule has 0 saturated carbocycles. The summed E-state index contributed by atoms with van der Waals surface area (Å²) in [6, 6.07) is 6.07. The Morgan fingerprint density at radius 3 is 2.38 bits per heavy atom. The average Bonchev–Trinajstić information content (AvgIpc) is 2.41. The Bertz CT molecular complexity index is 634. The van der Waals surface area contributed by atoms with E-state index in [-0.39, 0.29) is 0 Å². The van der Waals surface area contributed by atoms with Crippen molar-refractivity contribution in [3.05, 3.63) is 29.3 Å². The first-order valence-electron chi connectivity index (χ1n) is 6.82. The molecule has 2 rings (SSSR count). The lowest BCUT2D eigenvalue weighted by atomic mass is 10.1. The normalized spacial score (nSPS) is 17.0. The highest BCUT2D eigenvalue weighted by Crippen LogP contribution is 2.24. The van der Waals surface area contributed by atoms with Crippen LogP contribution in [0.4, 0.5) is 5.69 Å². The first-order valence-corrected chi connectivity index (χ1v) is 8.43. The highest BCUT2D eigenvalue weighted by molar-refractivity contribution is 7.89. The van der Waals surface area contributed by atoms with E-state index in [1.807, 2.05) is 25.1 Å². The van der Waals surface area contributed by atoms with Gasteiger partial charge in [-0.1, -0.05) is 12.1 Å². The molecule has 0 aliphatic carbocycles. The maximum absolute atomic E-state index is 11.9. The Hall–Kier alpha value is -1.60. The number of anilines is 1. The number of aryl methyl sites for hydroxylation is 1. The van der Waals surface area contributed by atoms with Crippen molar-refractivity contribution in [1.29, 1.82) is 0 Å². The molecular weight excluding hydrogens is 292 g/mol. The number of nitrogens with zero attached hydrogens (tertiary/aromatic N) is 2. The van der Waals surface area contributed by atoms with E-state index in [9.17, 15) is 13.2 Å². The molecule has 6 nitrogen and oxygen atoms in total. The summed E-state index contributed by atoms with van der Waals surface area (Å²) in [5, 5.41) is 8.66. The second-order valence-electron chi connectivity index (χ2n) is 5.26. The molecule has 1 aromatic carbocycles. The molecule has 0 bridgehead atoms. The zero-order valence-electron chi connectivity index (χ0n) is 12.2. The van der Waals surface area contributed by atoms with E-state index >= 15 is 0 Å². The second kappa shape index (κ2) is 6.03. The van der Waals surface area contributed by atoms with E-state index in [1.54, 1.807) is 0 Å². The smallest absolute Gasteiger partial charge is 0.320 e. The number of carboxylic acids is 1. The maximum Gasteiger partial charge on any atom is 0.320 e. The lowest BCUT2D eigenvalue weighted by Gasteiger charge is -2.36. The summed E-state index contributed by atoms with van der Waals surface area (Å²) >= 11 is 0. The molecule has 21 heavy (non-hydrogen) atoms. The number of sulfonamides is 1. The van der Waals surface area contributed by atoms with Crippen LogP contribution >= 0.6 is 0 Å². The first-order chi connectivity index (χ1) is 9.81. The maximum atomic E-state index is 11.9. The van der Waals surface area contributed by atoms with Gasteiger partial charge in [0, 0.05) is 31.9 Å². The van der Waals surface area contributed by atoms with Gasteiger partial charge in [0.15, 0.2) is 5.75 Å². The number of hydrogen-bond donors (Lipinski definition) is 1. The van der Waals surface area contributed by atoms with Crippen molar-refractivity contribution in [3.63, 3.8) is 0 Å². The largest absolute Gasteiger partial charge is 0.480 e. The molecular formula is C14H20N2O4S. The summed E-state index contributed by atoms with van der Waals surface area (Å²) in [5.41, 5.74) is 3.51. The van der Waals surface area contributed by atoms with Gasteiger partial charge < -0.3 is 10.0 Å². The van der Waals surface area contributed by atoms with Crippen LogP contribution in [0.5, 0.6) is 0 Å². The topological polar surface area (TPSA) is 77.9 Å². The summed E-state index contributed by atoms with van der Waals surface area (Å²) < 4.78 is 25.0. The zero-order valence-corrected chi connectivity index (χ0v) is 13.1. The molecule has 116 valence electrons. The number of hydrogen-bond acceptors (Lipinski definition) is 4. The number of rotatable bonds is 4. The Balaban J connectivity index is 2.07. The van der Waals surface area contributed by atoms with E-state index in [2.05, 4.69) is 11.8 Å². The van der Waals surface area contributed by atoms with Gasteiger partial charge in [0.2, 0.25) is 10.0 Å². The van der Waals surface area contributed by atoms with Crippen LogP contribution in [0.15, 0.2) is 18.2 Å². The van der Waals surface area contributed by atoms with Crippen molar-refractivity contribution in [3.8, 4) is 0 Å². The van der Waals surface area contributed by atoms with Gasteiger partial charge in [-0.15, -0.1) is 0 Å². The Morgan fingerprint density at radius 2 is 1.81 bits per heavy atom. The van der Waals surface area contributed by atoms with Crippen LogP contribution in [-0.4, -0.2) is 55.7 Å². The number of benzene rings is 1. The lowest BCUT2D eigenvalue weighted by molar-refractivity contribution is -0.134. The Labute approximate surface area is 125 Å². The second-order valence-corrected chi connectivity index (χ2v) is 7.22. The minimum absolute atomic E-state index is 0.322.